The molecule has 0 aromatic carbocycles. The molecule has 23 heteroatoms. The molecule has 0 saturated carbocycles. The van der Waals surface area contributed by atoms with Crippen LogP contribution in [0, 0.1) is 24.1 Å². The van der Waals surface area contributed by atoms with E-state index in [0.717, 1.165) is 21.5 Å². The van der Waals surface area contributed by atoms with Crippen LogP contribution in [-0.4, -0.2) is 116 Å². The molecular weight excluding hydrogens is 705 g/mol. The summed E-state index contributed by atoms with van der Waals surface area (Å²) in [7, 11) is 0. The summed E-state index contributed by atoms with van der Waals surface area (Å²) in [5.74, 6) is -1.12. The van der Waals surface area contributed by atoms with Crippen molar-refractivity contribution in [3.8, 4) is 6.07 Å². The van der Waals surface area contributed by atoms with Gasteiger partial charge in [-0.15, -0.1) is 0 Å². The van der Waals surface area contributed by atoms with Crippen LogP contribution in [0.3, 0.4) is 0 Å². The molecule has 0 radical (unpaired) electrons. The SMILES string of the molecule is Cc1cn([C@H]2C[C@@H](O)[C@@H](CO)O2)c(=O)[nH]c1=O.N#Cc1cn([C@H]2C[C@@H](O)[C@@H](CO)O2)c(=O)[nH]c1=O.O=c1[nH]c(=O)n([C@H]2C[C@@H](O)[C@@H](CO)O2)cc1F. The molecule has 0 spiro atoms. The molecule has 0 aliphatic carbocycles. The van der Waals surface area contributed by atoms with Gasteiger partial charge in [0.2, 0.25) is 5.82 Å². The van der Waals surface area contributed by atoms with E-state index in [4.69, 9.17) is 34.8 Å². The zero-order valence-corrected chi connectivity index (χ0v) is 27.2. The van der Waals surface area contributed by atoms with Crippen molar-refractivity contribution in [2.24, 2.45) is 0 Å². The lowest BCUT2D eigenvalue weighted by molar-refractivity contribution is -0.0462. The number of halogens is 1. The van der Waals surface area contributed by atoms with Gasteiger partial charge in [0, 0.05) is 37.2 Å². The van der Waals surface area contributed by atoms with Gasteiger partial charge in [-0.2, -0.15) is 9.65 Å². The van der Waals surface area contributed by atoms with E-state index >= 15 is 0 Å². The number of nitrogens with zero attached hydrogens (tertiary/aromatic N) is 4. The Morgan fingerprint density at radius 2 is 1.04 bits per heavy atom. The van der Waals surface area contributed by atoms with Crippen molar-refractivity contribution in [2.45, 2.75) is 81.5 Å². The summed E-state index contributed by atoms with van der Waals surface area (Å²) in [6.45, 7) is 0.484. The molecule has 3 aromatic rings. The molecule has 0 unspecified atom stereocenters. The highest BCUT2D eigenvalue weighted by Gasteiger charge is 2.37. The highest BCUT2D eigenvalue weighted by atomic mass is 19.1. The largest absolute Gasteiger partial charge is 0.394 e. The Hall–Kier alpha value is -4.90. The van der Waals surface area contributed by atoms with E-state index in [1.54, 1.807) is 18.0 Å². The lowest BCUT2D eigenvalue weighted by Gasteiger charge is -2.14. The van der Waals surface area contributed by atoms with Crippen LogP contribution in [0.1, 0.15) is 49.1 Å². The van der Waals surface area contributed by atoms with Crippen LogP contribution in [0.4, 0.5) is 4.39 Å². The third-order valence-electron chi connectivity index (χ3n) is 8.24. The number of nitriles is 1. The fourth-order valence-corrected chi connectivity index (χ4v) is 5.40. The van der Waals surface area contributed by atoms with Crippen LogP contribution in [0.25, 0.3) is 0 Å². The average molecular weight is 742 g/mol. The number of aromatic amines is 3. The summed E-state index contributed by atoms with van der Waals surface area (Å²) in [4.78, 5) is 73.7. The molecule has 22 nitrogen and oxygen atoms in total. The lowest BCUT2D eigenvalue weighted by atomic mass is 10.2. The van der Waals surface area contributed by atoms with Gasteiger partial charge in [-0.25, -0.2) is 14.4 Å². The van der Waals surface area contributed by atoms with Crippen LogP contribution in [-0.2, 0) is 14.2 Å². The summed E-state index contributed by atoms with van der Waals surface area (Å²) < 4.78 is 31.9. The minimum Gasteiger partial charge on any atom is -0.394 e. The van der Waals surface area contributed by atoms with Crippen molar-refractivity contribution >= 4 is 0 Å². The highest BCUT2D eigenvalue weighted by molar-refractivity contribution is 5.21. The summed E-state index contributed by atoms with van der Waals surface area (Å²) in [5.41, 5.74) is -4.29. The number of nitrogens with one attached hydrogen (secondary N) is 3. The second-order valence-corrected chi connectivity index (χ2v) is 11.8. The topological polar surface area (TPSA) is 337 Å². The Balaban J connectivity index is 0.000000175. The van der Waals surface area contributed by atoms with Crippen molar-refractivity contribution in [1.29, 1.82) is 5.26 Å². The van der Waals surface area contributed by atoms with E-state index in [0.29, 0.717) is 5.56 Å². The first kappa shape index (κ1) is 39.9. The quantitative estimate of drug-likeness (QED) is 0.114. The van der Waals surface area contributed by atoms with Gasteiger partial charge in [0.1, 0.15) is 48.6 Å². The van der Waals surface area contributed by atoms with Crippen molar-refractivity contribution in [1.82, 2.24) is 28.7 Å². The van der Waals surface area contributed by atoms with Crippen LogP contribution in [0.15, 0.2) is 47.4 Å². The van der Waals surface area contributed by atoms with Crippen molar-refractivity contribution < 1.29 is 49.2 Å². The second-order valence-electron chi connectivity index (χ2n) is 11.8. The third kappa shape index (κ3) is 8.93. The van der Waals surface area contributed by atoms with Gasteiger partial charge in [-0.3, -0.25) is 43.0 Å². The van der Waals surface area contributed by atoms with Crippen molar-refractivity contribution in [2.75, 3.05) is 19.8 Å². The number of aryl methyl sites for hydroxylation is 1. The molecule has 6 heterocycles. The number of ether oxygens (including phenoxy) is 3. The number of aliphatic hydroxyl groups is 6. The molecule has 9 N–H and O–H groups in total. The van der Waals surface area contributed by atoms with Crippen molar-refractivity contribution in [3.05, 3.63) is 98.0 Å². The average Bonchev–Trinajstić information content (AvgIpc) is 3.80. The summed E-state index contributed by atoms with van der Waals surface area (Å²) in [6.07, 6.45) is -3.79. The van der Waals surface area contributed by atoms with E-state index < -0.39 is 101 Å². The maximum absolute atomic E-state index is 13.0. The molecule has 3 fully saturated rings. The number of aromatic nitrogens is 6. The summed E-state index contributed by atoms with van der Waals surface area (Å²) in [6, 6.07) is 1.65. The van der Waals surface area contributed by atoms with Gasteiger partial charge in [0.25, 0.3) is 16.7 Å². The maximum atomic E-state index is 13.0. The first-order chi connectivity index (χ1) is 24.6. The standard InChI is InChI=1S/C10H11N3O5.C10H14N2O5.C9H11FN2O5/c11-2-5-3-13(10(17)12-9(5)16)8-1-6(15)7(4-14)18-8;1-5-3-12(10(16)11-9(5)15)8-2-6(14)7(4-13)17-8;10-4-2-12(9(16)11-8(4)15)7-1-5(14)6(3-13)17-7/h3,6-8,14-15H,1,4H2,(H,12,16,17);3,6-8,13-14H,2,4H2,1H3,(H,11,15,16);2,5-7,13-14H,1,3H2,(H,11,15,16)/t2*6-,7-,8-;5-,6-,7-/m111/s1. The second kappa shape index (κ2) is 17.1. The summed E-state index contributed by atoms with van der Waals surface area (Å²) in [5, 5.41) is 64.0. The van der Waals surface area contributed by atoms with Crippen LogP contribution < -0.4 is 33.7 Å². The normalized spacial score (nSPS) is 28.0. The number of hydrogen-bond acceptors (Lipinski definition) is 16. The number of hydrogen-bond donors (Lipinski definition) is 9. The van der Waals surface area contributed by atoms with Gasteiger partial charge in [-0.1, -0.05) is 0 Å². The molecule has 0 amide bonds. The number of H-pyrrole nitrogens is 3. The fraction of sp³-hybridized carbons (Fsp3) is 0.552. The third-order valence-corrected chi connectivity index (χ3v) is 8.24. The van der Waals surface area contributed by atoms with E-state index in [1.807, 2.05) is 4.98 Å². The smallest absolute Gasteiger partial charge is 0.330 e. The molecule has 6 rings (SSSR count). The molecule has 3 aliphatic heterocycles. The molecule has 284 valence electrons. The Kier molecular flexibility index (Phi) is 13.1. The van der Waals surface area contributed by atoms with Crippen LogP contribution >= 0.6 is 0 Å². The molecule has 3 aromatic heterocycles. The van der Waals surface area contributed by atoms with E-state index in [2.05, 4.69) is 4.98 Å². The molecule has 3 saturated heterocycles. The van der Waals surface area contributed by atoms with Crippen LogP contribution in [0.2, 0.25) is 0 Å². The van der Waals surface area contributed by atoms with Gasteiger partial charge in [-0.05, 0) is 6.92 Å². The molecule has 52 heavy (non-hydrogen) atoms. The predicted octanol–water partition coefficient (Wildman–Crippen LogP) is -5.15. The Bertz CT molecular complexity index is 2020. The first-order valence-corrected chi connectivity index (χ1v) is 15.5. The highest BCUT2D eigenvalue weighted by Crippen LogP contribution is 2.29. The zero-order chi connectivity index (χ0) is 38.4. The molecular formula is C29H36FN7O15. The van der Waals surface area contributed by atoms with E-state index in [-0.39, 0.29) is 38.0 Å². The molecule has 0 bridgehead atoms. The first-order valence-electron chi connectivity index (χ1n) is 15.5. The number of rotatable bonds is 6. The molecule has 3 aliphatic rings. The Labute approximate surface area is 288 Å². The predicted molar refractivity (Wildman–Crippen MR) is 168 cm³/mol. The Morgan fingerprint density at radius 3 is 1.42 bits per heavy atom. The minimum atomic E-state index is -1.12. The summed E-state index contributed by atoms with van der Waals surface area (Å²) >= 11 is 0. The monoisotopic (exact) mass is 741 g/mol. The van der Waals surface area contributed by atoms with E-state index in [9.17, 15) is 48.5 Å². The van der Waals surface area contributed by atoms with Gasteiger partial charge in [0.05, 0.1) is 44.3 Å². The van der Waals surface area contributed by atoms with E-state index in [1.165, 1.54) is 10.8 Å². The van der Waals surface area contributed by atoms with Crippen molar-refractivity contribution in [3.63, 3.8) is 0 Å². The van der Waals surface area contributed by atoms with Crippen LogP contribution in [0.5, 0.6) is 0 Å². The fourth-order valence-electron chi connectivity index (χ4n) is 5.40. The lowest BCUT2D eigenvalue weighted by Crippen LogP contribution is -2.34. The van der Waals surface area contributed by atoms with Gasteiger partial charge < -0.3 is 44.8 Å². The van der Waals surface area contributed by atoms with Gasteiger partial charge >= 0.3 is 17.1 Å². The maximum Gasteiger partial charge on any atom is 0.330 e. The molecule has 9 atom stereocenters. The Morgan fingerprint density at radius 1 is 0.673 bits per heavy atom. The number of aliphatic hydroxyl groups excluding tert-OH is 6. The minimum absolute atomic E-state index is 0.0383. The van der Waals surface area contributed by atoms with Gasteiger partial charge in [0.15, 0.2) is 0 Å². The zero-order valence-electron chi connectivity index (χ0n) is 27.2.